The second-order valence-electron chi connectivity index (χ2n) is 4.37. The Labute approximate surface area is 137 Å². The molecule has 0 fully saturated rings. The number of halogens is 1. The topological polar surface area (TPSA) is 55.8 Å². The van der Waals surface area contributed by atoms with Gasteiger partial charge in [0.05, 0.1) is 18.9 Å². The van der Waals surface area contributed by atoms with Crippen molar-refractivity contribution < 1.29 is 19.1 Å². The Kier molecular flexibility index (Phi) is 5.38. The average Bonchev–Trinajstić information content (AvgIpc) is 2.63. The predicted molar refractivity (Wildman–Crippen MR) is 87.6 cm³/mol. The minimum atomic E-state index is -0.621. The molecule has 0 atom stereocenters. The fourth-order valence-electron chi connectivity index (χ4n) is 2.07. The molecule has 1 aliphatic rings. The molecule has 0 bridgehead atoms. The van der Waals surface area contributed by atoms with Gasteiger partial charge in [-0.3, -0.25) is 0 Å². The van der Waals surface area contributed by atoms with Crippen molar-refractivity contribution in [3.05, 3.63) is 46.1 Å². The van der Waals surface area contributed by atoms with Crippen LogP contribution in [0.25, 0.3) is 6.08 Å². The van der Waals surface area contributed by atoms with Gasteiger partial charge in [-0.15, -0.1) is 0 Å². The quantitative estimate of drug-likeness (QED) is 0.763. The lowest BCUT2D eigenvalue weighted by Crippen LogP contribution is -2.35. The van der Waals surface area contributed by atoms with Crippen LogP contribution in [0.5, 0.6) is 0 Å². The summed E-state index contributed by atoms with van der Waals surface area (Å²) in [6.45, 7) is 3.85. The number of hydrogen-bond donors (Lipinski definition) is 0. The number of rotatable bonds is 3. The molecule has 0 N–H and O–H groups in total. The first-order valence-electron chi connectivity index (χ1n) is 6.90. The summed E-state index contributed by atoms with van der Waals surface area (Å²) in [4.78, 5) is 25.8. The molecule has 22 heavy (non-hydrogen) atoms. The first-order valence-corrected chi connectivity index (χ1v) is 7.69. The van der Waals surface area contributed by atoms with Crippen molar-refractivity contribution in [2.24, 2.45) is 0 Å². The van der Waals surface area contributed by atoms with Crippen molar-refractivity contribution in [3.8, 4) is 0 Å². The second-order valence-corrected chi connectivity index (χ2v) is 5.29. The van der Waals surface area contributed by atoms with Gasteiger partial charge in [0.1, 0.15) is 5.70 Å². The van der Waals surface area contributed by atoms with Crippen LogP contribution in [-0.4, -0.2) is 25.3 Å². The van der Waals surface area contributed by atoms with E-state index in [1.165, 1.54) is 4.90 Å². The summed E-state index contributed by atoms with van der Waals surface area (Å²) in [5, 5.41) is 0. The monoisotopic (exact) mass is 365 g/mol. The maximum absolute atomic E-state index is 12.4. The number of ether oxygens (including phenoxy) is 2. The first kappa shape index (κ1) is 16.3. The molecule has 1 aromatic carbocycles. The number of amides is 1. The molecule has 116 valence electrons. The van der Waals surface area contributed by atoms with E-state index in [1.807, 2.05) is 18.2 Å². The van der Waals surface area contributed by atoms with E-state index in [4.69, 9.17) is 9.47 Å². The third kappa shape index (κ3) is 3.39. The van der Waals surface area contributed by atoms with Crippen LogP contribution in [-0.2, 0) is 14.3 Å². The Morgan fingerprint density at radius 1 is 1.09 bits per heavy atom. The molecule has 1 heterocycles. The van der Waals surface area contributed by atoms with Gasteiger partial charge in [0.2, 0.25) is 0 Å². The molecule has 1 amide bonds. The van der Waals surface area contributed by atoms with Crippen LogP contribution in [0.1, 0.15) is 19.4 Å². The Hall–Kier alpha value is -2.08. The van der Waals surface area contributed by atoms with Gasteiger partial charge >= 0.3 is 12.1 Å². The van der Waals surface area contributed by atoms with Crippen LogP contribution in [0.4, 0.5) is 10.5 Å². The molecule has 0 spiro atoms. The lowest BCUT2D eigenvalue weighted by molar-refractivity contribution is -0.138. The maximum atomic E-state index is 12.4. The zero-order valence-electron chi connectivity index (χ0n) is 12.3. The second kappa shape index (κ2) is 7.26. The molecule has 0 aliphatic carbocycles. The van der Waals surface area contributed by atoms with E-state index in [9.17, 15) is 9.59 Å². The van der Waals surface area contributed by atoms with Crippen LogP contribution in [0.2, 0.25) is 0 Å². The smallest absolute Gasteiger partial charge is 0.419 e. The Balaban J connectivity index is 2.57. The van der Waals surface area contributed by atoms with Crippen molar-refractivity contribution in [1.82, 2.24) is 0 Å². The highest BCUT2D eigenvalue weighted by Gasteiger charge is 2.30. The van der Waals surface area contributed by atoms with Gasteiger partial charge in [0.25, 0.3) is 0 Å². The highest BCUT2D eigenvalue weighted by molar-refractivity contribution is 9.12. The molecule has 5 nitrogen and oxygen atoms in total. The van der Waals surface area contributed by atoms with E-state index in [0.29, 0.717) is 10.2 Å². The molecule has 2 rings (SSSR count). The van der Waals surface area contributed by atoms with Crippen molar-refractivity contribution in [1.29, 1.82) is 0 Å². The number of carbonyl (C=O) groups is 2. The molecule has 0 unspecified atom stereocenters. The zero-order chi connectivity index (χ0) is 16.1. The van der Waals surface area contributed by atoms with Gasteiger partial charge in [-0.1, -0.05) is 34.1 Å². The molecule has 0 aromatic heterocycles. The summed E-state index contributed by atoms with van der Waals surface area (Å²) in [5.41, 5.74) is 1.46. The zero-order valence-corrected chi connectivity index (χ0v) is 13.9. The van der Waals surface area contributed by atoms with Crippen LogP contribution in [0, 0.1) is 0 Å². The highest BCUT2D eigenvalue weighted by Crippen LogP contribution is 2.32. The van der Waals surface area contributed by atoms with Gasteiger partial charge in [0, 0.05) is 4.48 Å². The summed E-state index contributed by atoms with van der Waals surface area (Å²) in [7, 11) is 0. The largest absolute Gasteiger partial charge is 0.461 e. The fraction of sp³-hybridized carbons (Fsp3) is 0.250. The van der Waals surface area contributed by atoms with Crippen molar-refractivity contribution in [2.75, 3.05) is 18.1 Å². The highest BCUT2D eigenvalue weighted by atomic mass is 79.9. The van der Waals surface area contributed by atoms with Crippen molar-refractivity contribution in [3.63, 3.8) is 0 Å². The molecular formula is C16H16BrNO4. The summed E-state index contributed by atoms with van der Waals surface area (Å²) < 4.78 is 10.8. The van der Waals surface area contributed by atoms with Crippen LogP contribution >= 0.6 is 15.9 Å². The summed E-state index contributed by atoms with van der Waals surface area (Å²) in [5.74, 6) is -0.586. The number of para-hydroxylation sites is 1. The average molecular weight is 366 g/mol. The number of fused-ring (bicyclic) bond motifs is 1. The molecule has 0 saturated heterocycles. The molecule has 0 saturated carbocycles. The van der Waals surface area contributed by atoms with E-state index in [0.717, 1.165) is 5.56 Å². The maximum Gasteiger partial charge on any atom is 0.419 e. The summed E-state index contributed by atoms with van der Waals surface area (Å²) >= 11 is 3.38. The Bertz CT molecular complexity index is 651. The Morgan fingerprint density at radius 2 is 1.77 bits per heavy atom. The predicted octanol–water partition coefficient (Wildman–Crippen LogP) is 3.85. The molecule has 1 aromatic rings. The minimum Gasteiger partial charge on any atom is -0.461 e. The molecule has 0 radical (unpaired) electrons. The Morgan fingerprint density at radius 3 is 2.45 bits per heavy atom. The van der Waals surface area contributed by atoms with E-state index in [1.54, 1.807) is 32.1 Å². The fourth-order valence-corrected chi connectivity index (χ4v) is 2.53. The number of benzene rings is 1. The van der Waals surface area contributed by atoms with E-state index in [2.05, 4.69) is 15.9 Å². The van der Waals surface area contributed by atoms with Crippen molar-refractivity contribution >= 4 is 39.8 Å². The lowest BCUT2D eigenvalue weighted by atomic mass is 10.1. The van der Waals surface area contributed by atoms with Crippen LogP contribution in [0.15, 0.2) is 40.5 Å². The molecule has 1 aliphatic heterocycles. The van der Waals surface area contributed by atoms with E-state index in [-0.39, 0.29) is 18.9 Å². The summed E-state index contributed by atoms with van der Waals surface area (Å²) in [6, 6.07) is 7.25. The molecular weight excluding hydrogens is 350 g/mol. The third-order valence-corrected chi connectivity index (χ3v) is 3.38. The van der Waals surface area contributed by atoms with Crippen LogP contribution < -0.4 is 4.90 Å². The molecule has 6 heteroatoms. The number of anilines is 1. The van der Waals surface area contributed by atoms with Gasteiger partial charge in [-0.05, 0) is 37.6 Å². The SMILES string of the molecule is CCOC(=O)C1=CC(Br)=Cc2ccccc2N1C(=O)OCC. The van der Waals surface area contributed by atoms with Crippen molar-refractivity contribution in [2.45, 2.75) is 13.8 Å². The minimum absolute atomic E-state index is 0.105. The van der Waals surface area contributed by atoms with Crippen LogP contribution in [0.3, 0.4) is 0 Å². The van der Waals surface area contributed by atoms with E-state index < -0.39 is 12.1 Å². The first-order chi connectivity index (χ1) is 10.6. The number of allylic oxidation sites excluding steroid dienone is 2. The number of hydrogen-bond acceptors (Lipinski definition) is 4. The normalized spacial score (nSPS) is 13.5. The summed E-state index contributed by atoms with van der Waals surface area (Å²) in [6.07, 6.45) is 2.76. The van der Waals surface area contributed by atoms with Gasteiger partial charge < -0.3 is 9.47 Å². The number of nitrogens with zero attached hydrogens (tertiary/aromatic N) is 1. The number of carbonyl (C=O) groups excluding carboxylic acids is 2. The van der Waals surface area contributed by atoms with Gasteiger partial charge in [-0.25, -0.2) is 14.5 Å². The third-order valence-electron chi connectivity index (χ3n) is 2.92. The lowest BCUT2D eigenvalue weighted by Gasteiger charge is -2.23. The van der Waals surface area contributed by atoms with Gasteiger partial charge in [-0.2, -0.15) is 0 Å². The van der Waals surface area contributed by atoms with Gasteiger partial charge in [0.15, 0.2) is 0 Å². The van der Waals surface area contributed by atoms with E-state index >= 15 is 0 Å². The number of esters is 1. The standard InChI is InChI=1S/C16H16BrNO4/c1-3-21-15(19)14-10-12(17)9-11-7-5-6-8-13(11)18(14)16(20)22-4-2/h5-10H,3-4H2,1-2H3.